The van der Waals surface area contributed by atoms with Crippen molar-refractivity contribution in [2.24, 2.45) is 5.92 Å². The van der Waals surface area contributed by atoms with Crippen molar-refractivity contribution >= 4 is 23.4 Å². The zero-order valence-electron chi connectivity index (χ0n) is 14.1. The molecular formula is C18H22N4O3. The number of rotatable bonds is 7. The van der Waals surface area contributed by atoms with E-state index in [4.69, 9.17) is 5.11 Å². The van der Waals surface area contributed by atoms with Gasteiger partial charge in [-0.2, -0.15) is 5.10 Å². The van der Waals surface area contributed by atoms with Crippen LogP contribution in [-0.4, -0.2) is 26.9 Å². The summed E-state index contributed by atoms with van der Waals surface area (Å²) < 4.78 is 1.89. The van der Waals surface area contributed by atoms with Crippen LogP contribution in [0.4, 0.5) is 16.2 Å². The van der Waals surface area contributed by atoms with E-state index in [9.17, 15) is 9.59 Å². The first-order valence-corrected chi connectivity index (χ1v) is 8.44. The number of carboxylic acids is 1. The molecule has 0 spiro atoms. The lowest BCUT2D eigenvalue weighted by molar-refractivity contribution is -0.136. The van der Waals surface area contributed by atoms with Crippen molar-refractivity contribution in [2.75, 3.05) is 10.6 Å². The number of nitrogens with zero attached hydrogens (tertiary/aromatic N) is 2. The van der Waals surface area contributed by atoms with E-state index in [-0.39, 0.29) is 12.5 Å². The fraction of sp³-hybridized carbons (Fsp3) is 0.389. The molecule has 132 valence electrons. The van der Waals surface area contributed by atoms with Crippen LogP contribution in [0.15, 0.2) is 36.7 Å². The molecule has 1 aliphatic carbocycles. The van der Waals surface area contributed by atoms with Gasteiger partial charge in [-0.1, -0.05) is 12.1 Å². The van der Waals surface area contributed by atoms with Crippen molar-refractivity contribution in [3.05, 3.63) is 42.2 Å². The normalized spacial score (nSPS) is 14.8. The van der Waals surface area contributed by atoms with E-state index in [0.717, 1.165) is 5.56 Å². The minimum Gasteiger partial charge on any atom is -0.481 e. The average Bonchev–Trinajstić information content (AvgIpc) is 3.32. The molecule has 0 bridgehead atoms. The number of carboxylic acid groups (broad SMARTS) is 1. The van der Waals surface area contributed by atoms with Gasteiger partial charge in [0.2, 0.25) is 0 Å². The van der Waals surface area contributed by atoms with Crippen LogP contribution in [-0.2, 0) is 11.2 Å². The third-order valence-corrected chi connectivity index (χ3v) is 4.39. The van der Waals surface area contributed by atoms with Gasteiger partial charge in [-0.05, 0) is 49.8 Å². The summed E-state index contributed by atoms with van der Waals surface area (Å²) in [5.41, 5.74) is 2.14. The van der Waals surface area contributed by atoms with Crippen LogP contribution in [0.5, 0.6) is 0 Å². The molecule has 1 aliphatic rings. The SMILES string of the molecule is CC(C1CC1)n1cc(NC(=O)Nc2cccc(CCC(=O)O)c2)cn1. The topological polar surface area (TPSA) is 96.2 Å². The molecule has 0 aliphatic heterocycles. The predicted octanol–water partition coefficient (Wildman–Crippen LogP) is 3.52. The van der Waals surface area contributed by atoms with Crippen LogP contribution in [0.1, 0.15) is 37.8 Å². The van der Waals surface area contributed by atoms with E-state index in [2.05, 4.69) is 22.7 Å². The first-order chi connectivity index (χ1) is 12.0. The minimum atomic E-state index is -0.839. The molecule has 2 amide bonds. The summed E-state index contributed by atoms with van der Waals surface area (Å²) in [6.45, 7) is 2.14. The average molecular weight is 342 g/mol. The molecule has 0 radical (unpaired) electrons. The van der Waals surface area contributed by atoms with E-state index in [0.29, 0.717) is 29.8 Å². The Kier molecular flexibility index (Phi) is 5.02. The van der Waals surface area contributed by atoms with E-state index in [1.54, 1.807) is 24.4 Å². The maximum Gasteiger partial charge on any atom is 0.323 e. The number of carbonyl (C=O) groups excluding carboxylic acids is 1. The minimum absolute atomic E-state index is 0.0635. The Morgan fingerprint density at radius 2 is 2.08 bits per heavy atom. The molecule has 1 aromatic heterocycles. The van der Waals surface area contributed by atoms with Gasteiger partial charge in [0.05, 0.1) is 17.9 Å². The van der Waals surface area contributed by atoms with Gasteiger partial charge in [0.1, 0.15) is 0 Å². The molecule has 0 saturated heterocycles. The molecule has 3 rings (SSSR count). The van der Waals surface area contributed by atoms with Crippen molar-refractivity contribution in [1.29, 1.82) is 0 Å². The standard InChI is InChI=1S/C18H22N4O3/c1-12(14-6-7-14)22-11-16(10-19-22)21-18(25)20-15-4-2-3-13(9-15)5-8-17(23)24/h2-4,9-12,14H,5-8H2,1H3,(H,23,24)(H2,20,21,25). The van der Waals surface area contributed by atoms with Crippen LogP contribution in [0.3, 0.4) is 0 Å². The number of amides is 2. The summed E-state index contributed by atoms with van der Waals surface area (Å²) in [5, 5.41) is 18.6. The van der Waals surface area contributed by atoms with Crippen LogP contribution in [0.25, 0.3) is 0 Å². The molecule has 1 unspecified atom stereocenters. The van der Waals surface area contributed by atoms with Crippen molar-refractivity contribution < 1.29 is 14.7 Å². The van der Waals surface area contributed by atoms with Gasteiger partial charge >= 0.3 is 12.0 Å². The third-order valence-electron chi connectivity index (χ3n) is 4.39. The highest BCUT2D eigenvalue weighted by Gasteiger charge is 2.29. The van der Waals surface area contributed by atoms with Crippen LogP contribution < -0.4 is 10.6 Å². The summed E-state index contributed by atoms with van der Waals surface area (Å²) in [6.07, 6.45) is 6.45. The molecule has 2 aromatic rings. The first-order valence-electron chi connectivity index (χ1n) is 8.44. The quantitative estimate of drug-likeness (QED) is 0.717. The number of carbonyl (C=O) groups is 2. The van der Waals surface area contributed by atoms with Crippen molar-refractivity contribution in [1.82, 2.24) is 9.78 Å². The summed E-state index contributed by atoms with van der Waals surface area (Å²) in [5.74, 6) is -0.149. The van der Waals surface area contributed by atoms with Gasteiger partial charge in [-0.3, -0.25) is 9.48 Å². The van der Waals surface area contributed by atoms with Crippen molar-refractivity contribution in [2.45, 2.75) is 38.6 Å². The Hall–Kier alpha value is -2.83. The molecule has 25 heavy (non-hydrogen) atoms. The second-order valence-electron chi connectivity index (χ2n) is 6.46. The van der Waals surface area contributed by atoms with Crippen molar-refractivity contribution in [3.63, 3.8) is 0 Å². The molecule has 1 saturated carbocycles. The fourth-order valence-corrected chi connectivity index (χ4v) is 2.77. The Morgan fingerprint density at radius 1 is 1.32 bits per heavy atom. The summed E-state index contributed by atoms with van der Waals surface area (Å²) in [6, 6.07) is 7.18. The van der Waals surface area contributed by atoms with Gasteiger partial charge in [-0.15, -0.1) is 0 Å². The summed E-state index contributed by atoms with van der Waals surface area (Å²) in [7, 11) is 0. The van der Waals surface area contributed by atoms with Gasteiger partial charge in [-0.25, -0.2) is 4.79 Å². The number of benzene rings is 1. The highest BCUT2D eigenvalue weighted by molar-refractivity contribution is 5.99. The lowest BCUT2D eigenvalue weighted by Gasteiger charge is -2.10. The second-order valence-corrected chi connectivity index (χ2v) is 6.46. The zero-order chi connectivity index (χ0) is 17.8. The van der Waals surface area contributed by atoms with Crippen LogP contribution >= 0.6 is 0 Å². The van der Waals surface area contributed by atoms with Gasteiger partial charge in [0, 0.05) is 18.3 Å². The number of aryl methyl sites for hydroxylation is 1. The summed E-state index contributed by atoms with van der Waals surface area (Å²) in [4.78, 5) is 22.8. The molecule has 1 aromatic carbocycles. The van der Waals surface area contributed by atoms with E-state index >= 15 is 0 Å². The number of hydrogen-bond acceptors (Lipinski definition) is 3. The lowest BCUT2D eigenvalue weighted by Crippen LogP contribution is -2.19. The lowest BCUT2D eigenvalue weighted by atomic mass is 10.1. The number of urea groups is 1. The van der Waals surface area contributed by atoms with Crippen molar-refractivity contribution in [3.8, 4) is 0 Å². The Bertz CT molecular complexity index is 767. The molecule has 3 N–H and O–H groups in total. The number of aliphatic carboxylic acids is 1. The number of aromatic nitrogens is 2. The Morgan fingerprint density at radius 3 is 2.80 bits per heavy atom. The van der Waals surface area contributed by atoms with E-state index in [1.807, 2.05) is 16.9 Å². The largest absolute Gasteiger partial charge is 0.481 e. The Labute approximate surface area is 146 Å². The highest BCUT2D eigenvalue weighted by Crippen LogP contribution is 2.39. The number of hydrogen-bond donors (Lipinski definition) is 3. The molecule has 7 heteroatoms. The highest BCUT2D eigenvalue weighted by atomic mass is 16.4. The number of anilines is 2. The smallest absolute Gasteiger partial charge is 0.323 e. The van der Waals surface area contributed by atoms with E-state index < -0.39 is 5.97 Å². The molecule has 7 nitrogen and oxygen atoms in total. The van der Waals surface area contributed by atoms with Gasteiger partial charge in [0.15, 0.2) is 0 Å². The summed E-state index contributed by atoms with van der Waals surface area (Å²) >= 11 is 0. The fourth-order valence-electron chi connectivity index (χ4n) is 2.77. The number of nitrogens with one attached hydrogen (secondary N) is 2. The van der Waals surface area contributed by atoms with Gasteiger partial charge < -0.3 is 15.7 Å². The predicted molar refractivity (Wildman–Crippen MR) is 94.7 cm³/mol. The first kappa shape index (κ1) is 17.0. The molecule has 1 atom stereocenters. The maximum atomic E-state index is 12.1. The maximum absolute atomic E-state index is 12.1. The molecule has 1 fully saturated rings. The monoisotopic (exact) mass is 342 g/mol. The van der Waals surface area contributed by atoms with Crippen LogP contribution in [0, 0.1) is 5.92 Å². The molecule has 1 heterocycles. The van der Waals surface area contributed by atoms with Gasteiger partial charge in [0.25, 0.3) is 0 Å². The van der Waals surface area contributed by atoms with Crippen LogP contribution in [0.2, 0.25) is 0 Å². The Balaban J connectivity index is 1.55. The molecular weight excluding hydrogens is 320 g/mol. The van der Waals surface area contributed by atoms with E-state index in [1.165, 1.54) is 12.8 Å². The second kappa shape index (κ2) is 7.38. The third kappa shape index (κ3) is 4.82. The zero-order valence-corrected chi connectivity index (χ0v) is 14.1.